The molecule has 3 aromatic rings. The van der Waals surface area contributed by atoms with E-state index in [4.69, 9.17) is 9.47 Å². The van der Waals surface area contributed by atoms with Crippen LogP contribution in [0.5, 0.6) is 11.5 Å². The molecular formula is C29H35N3O6S. The van der Waals surface area contributed by atoms with Gasteiger partial charge in [-0.15, -0.1) is 0 Å². The number of methoxy groups -OCH3 is 2. The number of ether oxygens (including phenoxy) is 2. The van der Waals surface area contributed by atoms with Crippen molar-refractivity contribution in [3.8, 4) is 11.5 Å². The topological polar surface area (TPSA) is 105 Å². The lowest BCUT2D eigenvalue weighted by molar-refractivity contribution is -0.139. The minimum Gasteiger partial charge on any atom is -0.497 e. The van der Waals surface area contributed by atoms with Crippen LogP contribution in [0.25, 0.3) is 0 Å². The lowest BCUT2D eigenvalue weighted by Gasteiger charge is -2.32. The largest absolute Gasteiger partial charge is 0.497 e. The van der Waals surface area contributed by atoms with Gasteiger partial charge in [0.1, 0.15) is 24.1 Å². The number of nitrogens with one attached hydrogen (secondary N) is 1. The standard InChI is InChI=1S/C29H35N3O6S/c1-5-18-30-29(34)22(2)31(20-23-12-11-13-24(19-23)37-3)28(33)21-32(26-16-9-10-17-27(26)38-4)39(35,36)25-14-7-6-8-15-25/h6-17,19,22H,5,18,20-21H2,1-4H3,(H,30,34)/t22-/m0/s1. The van der Waals surface area contributed by atoms with Crippen molar-refractivity contribution in [3.63, 3.8) is 0 Å². The summed E-state index contributed by atoms with van der Waals surface area (Å²) in [7, 11) is -1.20. The highest BCUT2D eigenvalue weighted by atomic mass is 32.2. The predicted molar refractivity (Wildman–Crippen MR) is 150 cm³/mol. The maximum absolute atomic E-state index is 14.0. The molecule has 0 aromatic heterocycles. The number of hydrogen-bond acceptors (Lipinski definition) is 6. The van der Waals surface area contributed by atoms with E-state index in [1.807, 2.05) is 13.0 Å². The molecule has 0 bridgehead atoms. The minimum atomic E-state index is -4.17. The van der Waals surface area contributed by atoms with Crippen LogP contribution in [0, 0.1) is 0 Å². The van der Waals surface area contributed by atoms with E-state index in [1.165, 1.54) is 24.1 Å². The monoisotopic (exact) mass is 553 g/mol. The number of carbonyl (C=O) groups is 2. The summed E-state index contributed by atoms with van der Waals surface area (Å²) in [4.78, 5) is 28.3. The van der Waals surface area contributed by atoms with Crippen LogP contribution in [0.1, 0.15) is 25.8 Å². The number of carbonyl (C=O) groups excluding carboxylic acids is 2. The van der Waals surface area contributed by atoms with Gasteiger partial charge in [-0.3, -0.25) is 13.9 Å². The van der Waals surface area contributed by atoms with E-state index in [0.717, 1.165) is 16.3 Å². The zero-order valence-corrected chi connectivity index (χ0v) is 23.5. The first-order valence-corrected chi connectivity index (χ1v) is 14.1. The summed E-state index contributed by atoms with van der Waals surface area (Å²) in [6, 6.07) is 20.8. The Hall–Kier alpha value is -4.05. The van der Waals surface area contributed by atoms with Crippen LogP contribution >= 0.6 is 0 Å². The average Bonchev–Trinajstić information content (AvgIpc) is 2.97. The van der Waals surface area contributed by atoms with Crippen LogP contribution in [0.15, 0.2) is 83.8 Å². The molecule has 0 unspecified atom stereocenters. The Morgan fingerprint density at radius 1 is 0.923 bits per heavy atom. The molecule has 208 valence electrons. The molecule has 1 atom stereocenters. The summed E-state index contributed by atoms with van der Waals surface area (Å²) in [6.07, 6.45) is 0.735. The van der Waals surface area contributed by atoms with Gasteiger partial charge in [0.25, 0.3) is 10.0 Å². The quantitative estimate of drug-likeness (QED) is 0.345. The van der Waals surface area contributed by atoms with E-state index in [-0.39, 0.29) is 28.8 Å². The molecule has 3 aromatic carbocycles. The fourth-order valence-corrected chi connectivity index (χ4v) is 5.46. The van der Waals surface area contributed by atoms with Gasteiger partial charge < -0.3 is 19.7 Å². The highest BCUT2D eigenvalue weighted by Gasteiger charge is 2.33. The van der Waals surface area contributed by atoms with Crippen LogP contribution in [0.3, 0.4) is 0 Å². The lowest BCUT2D eigenvalue weighted by atomic mass is 10.1. The molecule has 0 heterocycles. The normalized spacial score (nSPS) is 11.8. The van der Waals surface area contributed by atoms with Gasteiger partial charge in [0, 0.05) is 13.1 Å². The Balaban J connectivity index is 2.05. The zero-order chi connectivity index (χ0) is 28.4. The van der Waals surface area contributed by atoms with Gasteiger partial charge in [0.15, 0.2) is 0 Å². The highest BCUT2D eigenvalue weighted by molar-refractivity contribution is 7.92. The molecule has 3 rings (SSSR count). The van der Waals surface area contributed by atoms with Crippen molar-refractivity contribution in [2.45, 2.75) is 37.8 Å². The molecular weight excluding hydrogens is 518 g/mol. The second kappa shape index (κ2) is 13.7. The Morgan fingerprint density at radius 2 is 1.62 bits per heavy atom. The Labute approximate surface area is 230 Å². The molecule has 0 radical (unpaired) electrons. The van der Waals surface area contributed by atoms with Crippen molar-refractivity contribution < 1.29 is 27.5 Å². The third-order valence-electron chi connectivity index (χ3n) is 6.17. The molecule has 0 saturated heterocycles. The summed E-state index contributed by atoms with van der Waals surface area (Å²) >= 11 is 0. The smallest absolute Gasteiger partial charge is 0.264 e. The maximum Gasteiger partial charge on any atom is 0.264 e. The third kappa shape index (κ3) is 7.29. The van der Waals surface area contributed by atoms with Crippen molar-refractivity contribution in [1.29, 1.82) is 0 Å². The van der Waals surface area contributed by atoms with Crippen LogP contribution in [-0.2, 0) is 26.2 Å². The predicted octanol–water partition coefficient (Wildman–Crippen LogP) is 3.84. The minimum absolute atomic E-state index is 0.0248. The van der Waals surface area contributed by atoms with Crippen molar-refractivity contribution in [2.75, 3.05) is 31.6 Å². The number of nitrogens with zero attached hydrogens (tertiary/aromatic N) is 2. The molecule has 0 spiro atoms. The van der Waals surface area contributed by atoms with E-state index in [0.29, 0.717) is 12.3 Å². The van der Waals surface area contributed by atoms with Crippen molar-refractivity contribution in [2.24, 2.45) is 0 Å². The summed E-state index contributed by atoms with van der Waals surface area (Å²) in [5.74, 6) is 0.00779. The molecule has 2 amide bonds. The highest BCUT2D eigenvalue weighted by Crippen LogP contribution is 2.32. The lowest BCUT2D eigenvalue weighted by Crippen LogP contribution is -2.51. The molecule has 0 fully saturated rings. The van der Waals surface area contributed by atoms with E-state index >= 15 is 0 Å². The van der Waals surface area contributed by atoms with E-state index < -0.39 is 28.5 Å². The molecule has 1 N–H and O–H groups in total. The third-order valence-corrected chi connectivity index (χ3v) is 7.94. The van der Waals surface area contributed by atoms with E-state index in [1.54, 1.807) is 74.7 Å². The van der Waals surface area contributed by atoms with Crippen LogP contribution < -0.4 is 19.1 Å². The van der Waals surface area contributed by atoms with Gasteiger partial charge in [-0.2, -0.15) is 0 Å². The van der Waals surface area contributed by atoms with E-state index in [9.17, 15) is 18.0 Å². The number of amides is 2. The van der Waals surface area contributed by atoms with Crippen LogP contribution in [0.4, 0.5) is 5.69 Å². The number of anilines is 1. The first kappa shape index (κ1) is 29.5. The molecule has 0 saturated carbocycles. The first-order valence-electron chi connectivity index (χ1n) is 12.6. The fraction of sp³-hybridized carbons (Fsp3) is 0.310. The SMILES string of the molecule is CCCNC(=O)[C@H](C)N(Cc1cccc(OC)c1)C(=O)CN(c1ccccc1OC)S(=O)(=O)c1ccccc1. The number of hydrogen-bond donors (Lipinski definition) is 1. The first-order chi connectivity index (χ1) is 18.7. The zero-order valence-electron chi connectivity index (χ0n) is 22.7. The number of sulfonamides is 1. The van der Waals surface area contributed by atoms with Gasteiger partial charge in [-0.25, -0.2) is 8.42 Å². The molecule has 0 aliphatic carbocycles. The molecule has 10 heteroatoms. The van der Waals surface area contributed by atoms with E-state index in [2.05, 4.69) is 5.32 Å². The van der Waals surface area contributed by atoms with Gasteiger partial charge >= 0.3 is 0 Å². The average molecular weight is 554 g/mol. The second-order valence-corrected chi connectivity index (χ2v) is 10.7. The number of rotatable bonds is 13. The van der Waals surface area contributed by atoms with Crippen LogP contribution in [-0.4, -0.2) is 58.5 Å². The summed E-state index contributed by atoms with van der Waals surface area (Å²) < 4.78 is 39.5. The molecule has 0 aliphatic rings. The molecule has 9 nitrogen and oxygen atoms in total. The van der Waals surface area contributed by atoms with Crippen molar-refractivity contribution in [3.05, 3.63) is 84.4 Å². The number of benzene rings is 3. The molecule has 0 aliphatic heterocycles. The Kier molecular flexibility index (Phi) is 10.3. The van der Waals surface area contributed by atoms with Gasteiger partial charge in [-0.05, 0) is 55.3 Å². The second-order valence-electron chi connectivity index (χ2n) is 8.84. The molecule has 39 heavy (non-hydrogen) atoms. The Morgan fingerprint density at radius 3 is 2.28 bits per heavy atom. The summed E-state index contributed by atoms with van der Waals surface area (Å²) in [5, 5.41) is 2.83. The number of para-hydroxylation sites is 2. The van der Waals surface area contributed by atoms with Gasteiger partial charge in [0.2, 0.25) is 11.8 Å². The Bertz CT molecular complexity index is 1360. The fourth-order valence-electron chi connectivity index (χ4n) is 4.01. The summed E-state index contributed by atoms with van der Waals surface area (Å²) in [6.45, 7) is 3.54. The van der Waals surface area contributed by atoms with Crippen molar-refractivity contribution >= 4 is 27.5 Å². The van der Waals surface area contributed by atoms with Gasteiger partial charge in [-0.1, -0.05) is 49.4 Å². The van der Waals surface area contributed by atoms with Gasteiger partial charge in [0.05, 0.1) is 24.8 Å². The van der Waals surface area contributed by atoms with Crippen LogP contribution in [0.2, 0.25) is 0 Å². The van der Waals surface area contributed by atoms with Crippen molar-refractivity contribution in [1.82, 2.24) is 10.2 Å². The maximum atomic E-state index is 14.0. The summed E-state index contributed by atoms with van der Waals surface area (Å²) in [5.41, 5.74) is 0.939.